The van der Waals surface area contributed by atoms with Crippen molar-refractivity contribution in [3.05, 3.63) is 33.8 Å². The average Bonchev–Trinajstić information content (AvgIpc) is 2.28. The Kier molecular flexibility index (Phi) is 5.84. The standard InChI is InChI=1S/C14H18Cl2N2O2/c1-14(2,3)18-13(20)8-17-12(19)6-9-4-5-10(15)7-11(9)16/h4-5,7H,6,8H2,1-3H3,(H,17,19)(H,18,20). The van der Waals surface area contributed by atoms with Gasteiger partial charge in [-0.1, -0.05) is 29.3 Å². The third-order valence-electron chi connectivity index (χ3n) is 2.33. The lowest BCUT2D eigenvalue weighted by Gasteiger charge is -2.20. The van der Waals surface area contributed by atoms with Crippen LogP contribution in [0.1, 0.15) is 26.3 Å². The molecule has 0 aliphatic heterocycles. The maximum atomic E-state index is 11.7. The van der Waals surface area contributed by atoms with Crippen LogP contribution in [0.4, 0.5) is 0 Å². The van der Waals surface area contributed by atoms with Gasteiger partial charge < -0.3 is 10.6 Å². The van der Waals surface area contributed by atoms with Crippen LogP contribution in [0, 0.1) is 0 Å². The van der Waals surface area contributed by atoms with Crippen LogP contribution in [0.25, 0.3) is 0 Å². The minimum Gasteiger partial charge on any atom is -0.350 e. The topological polar surface area (TPSA) is 58.2 Å². The van der Waals surface area contributed by atoms with Gasteiger partial charge in [0.15, 0.2) is 0 Å². The molecular formula is C14H18Cl2N2O2. The molecule has 0 aromatic heterocycles. The van der Waals surface area contributed by atoms with Gasteiger partial charge in [-0.3, -0.25) is 9.59 Å². The van der Waals surface area contributed by atoms with Gasteiger partial charge >= 0.3 is 0 Å². The van der Waals surface area contributed by atoms with E-state index in [0.717, 1.165) is 0 Å². The van der Waals surface area contributed by atoms with Gasteiger partial charge in [-0.05, 0) is 38.5 Å². The summed E-state index contributed by atoms with van der Waals surface area (Å²) in [6, 6.07) is 4.94. The van der Waals surface area contributed by atoms with Crippen molar-refractivity contribution < 1.29 is 9.59 Å². The first-order valence-electron chi connectivity index (χ1n) is 6.19. The van der Waals surface area contributed by atoms with Crippen molar-refractivity contribution in [3.63, 3.8) is 0 Å². The van der Waals surface area contributed by atoms with Crippen LogP contribution in [0.3, 0.4) is 0 Å². The van der Waals surface area contributed by atoms with Gasteiger partial charge in [0.2, 0.25) is 11.8 Å². The SMILES string of the molecule is CC(C)(C)NC(=O)CNC(=O)Cc1ccc(Cl)cc1Cl. The third-order valence-corrected chi connectivity index (χ3v) is 2.91. The molecule has 6 heteroatoms. The summed E-state index contributed by atoms with van der Waals surface area (Å²) in [5.74, 6) is -0.494. The lowest BCUT2D eigenvalue weighted by atomic mass is 10.1. The number of carbonyl (C=O) groups is 2. The van der Waals surface area contributed by atoms with E-state index in [2.05, 4.69) is 10.6 Å². The zero-order valence-electron chi connectivity index (χ0n) is 11.7. The summed E-state index contributed by atoms with van der Waals surface area (Å²) in [4.78, 5) is 23.3. The second-order valence-electron chi connectivity index (χ2n) is 5.49. The summed E-state index contributed by atoms with van der Waals surface area (Å²) >= 11 is 11.8. The lowest BCUT2D eigenvalue weighted by molar-refractivity contribution is -0.126. The molecule has 1 aromatic rings. The molecule has 20 heavy (non-hydrogen) atoms. The second-order valence-corrected chi connectivity index (χ2v) is 6.33. The minimum absolute atomic E-state index is 0.0543. The van der Waals surface area contributed by atoms with Crippen molar-refractivity contribution in [2.45, 2.75) is 32.7 Å². The molecule has 2 N–H and O–H groups in total. The number of hydrogen-bond acceptors (Lipinski definition) is 2. The van der Waals surface area contributed by atoms with Gasteiger partial charge in [0.05, 0.1) is 13.0 Å². The number of halogens is 2. The highest BCUT2D eigenvalue weighted by Gasteiger charge is 2.14. The van der Waals surface area contributed by atoms with Crippen LogP contribution < -0.4 is 10.6 Å². The van der Waals surface area contributed by atoms with E-state index in [1.165, 1.54) is 0 Å². The number of nitrogens with one attached hydrogen (secondary N) is 2. The Morgan fingerprint density at radius 2 is 1.80 bits per heavy atom. The zero-order valence-corrected chi connectivity index (χ0v) is 13.2. The largest absolute Gasteiger partial charge is 0.350 e. The number of benzene rings is 1. The maximum Gasteiger partial charge on any atom is 0.239 e. The van der Waals surface area contributed by atoms with E-state index in [1.807, 2.05) is 20.8 Å². The Morgan fingerprint density at radius 1 is 1.15 bits per heavy atom. The quantitative estimate of drug-likeness (QED) is 0.897. The van der Waals surface area contributed by atoms with Gasteiger partial charge in [0.25, 0.3) is 0 Å². The molecule has 0 atom stereocenters. The number of hydrogen-bond donors (Lipinski definition) is 2. The molecule has 1 rings (SSSR count). The second kappa shape index (κ2) is 6.95. The molecule has 0 unspecified atom stereocenters. The van der Waals surface area contributed by atoms with Crippen LogP contribution in [-0.4, -0.2) is 23.9 Å². The highest BCUT2D eigenvalue weighted by Crippen LogP contribution is 2.21. The molecule has 0 bridgehead atoms. The Labute approximate surface area is 128 Å². The summed E-state index contributed by atoms with van der Waals surface area (Å²) in [5.41, 5.74) is 0.353. The molecule has 0 fully saturated rings. The van der Waals surface area contributed by atoms with Crippen molar-refractivity contribution in [2.24, 2.45) is 0 Å². The number of carbonyl (C=O) groups excluding carboxylic acids is 2. The fraction of sp³-hybridized carbons (Fsp3) is 0.429. The van der Waals surface area contributed by atoms with Gasteiger partial charge in [-0.15, -0.1) is 0 Å². The van der Waals surface area contributed by atoms with Crippen molar-refractivity contribution in [2.75, 3.05) is 6.54 Å². The van der Waals surface area contributed by atoms with Crippen LogP contribution in [0.2, 0.25) is 10.0 Å². The highest BCUT2D eigenvalue weighted by molar-refractivity contribution is 6.35. The number of rotatable bonds is 4. The molecule has 1 aromatic carbocycles. The number of amides is 2. The predicted molar refractivity (Wildman–Crippen MR) is 81.1 cm³/mol. The zero-order chi connectivity index (χ0) is 15.3. The summed E-state index contributed by atoms with van der Waals surface area (Å²) in [5, 5.41) is 6.27. The van der Waals surface area contributed by atoms with Crippen molar-refractivity contribution >= 4 is 35.0 Å². The van der Waals surface area contributed by atoms with E-state index in [9.17, 15) is 9.59 Å². The Balaban J connectivity index is 2.46. The molecule has 0 saturated heterocycles. The molecule has 2 amide bonds. The Bertz CT molecular complexity index is 510. The first-order valence-corrected chi connectivity index (χ1v) is 6.94. The van der Waals surface area contributed by atoms with Gasteiger partial charge in [-0.2, -0.15) is 0 Å². The van der Waals surface area contributed by atoms with Crippen LogP contribution in [0.5, 0.6) is 0 Å². The highest BCUT2D eigenvalue weighted by atomic mass is 35.5. The van der Waals surface area contributed by atoms with E-state index in [1.54, 1.807) is 18.2 Å². The molecule has 0 heterocycles. The first-order chi connectivity index (χ1) is 9.17. The van der Waals surface area contributed by atoms with Crippen LogP contribution >= 0.6 is 23.2 Å². The summed E-state index contributed by atoms with van der Waals surface area (Å²) in [6.07, 6.45) is 0.110. The van der Waals surface area contributed by atoms with Crippen LogP contribution in [-0.2, 0) is 16.0 Å². The predicted octanol–water partition coefficient (Wildman–Crippen LogP) is 2.57. The van der Waals surface area contributed by atoms with Gasteiger partial charge in [0, 0.05) is 15.6 Å². The molecule has 0 aliphatic rings. The lowest BCUT2D eigenvalue weighted by Crippen LogP contribution is -2.46. The summed E-state index contributed by atoms with van der Waals surface area (Å²) in [7, 11) is 0. The van der Waals surface area contributed by atoms with E-state index >= 15 is 0 Å². The minimum atomic E-state index is -0.318. The van der Waals surface area contributed by atoms with Crippen molar-refractivity contribution in [1.29, 1.82) is 0 Å². The monoisotopic (exact) mass is 316 g/mol. The fourth-order valence-electron chi connectivity index (χ4n) is 1.54. The molecule has 0 aliphatic carbocycles. The fourth-order valence-corrected chi connectivity index (χ4v) is 2.02. The normalized spacial score (nSPS) is 11.1. The van der Waals surface area contributed by atoms with Crippen molar-refractivity contribution in [3.8, 4) is 0 Å². The van der Waals surface area contributed by atoms with Gasteiger partial charge in [0.1, 0.15) is 0 Å². The molecule has 4 nitrogen and oxygen atoms in total. The Morgan fingerprint density at radius 3 is 2.35 bits per heavy atom. The first kappa shape index (κ1) is 16.8. The average molecular weight is 317 g/mol. The summed E-state index contributed by atoms with van der Waals surface area (Å²) in [6.45, 7) is 5.57. The van der Waals surface area contributed by atoms with E-state index in [4.69, 9.17) is 23.2 Å². The summed E-state index contributed by atoms with van der Waals surface area (Å²) < 4.78 is 0. The molecular weight excluding hydrogens is 299 g/mol. The molecule has 110 valence electrons. The molecule has 0 radical (unpaired) electrons. The molecule has 0 saturated carbocycles. The van der Waals surface area contributed by atoms with E-state index < -0.39 is 0 Å². The third kappa shape index (κ3) is 6.26. The van der Waals surface area contributed by atoms with E-state index in [-0.39, 0.29) is 30.3 Å². The molecule has 0 spiro atoms. The smallest absolute Gasteiger partial charge is 0.239 e. The Hall–Kier alpha value is -1.26. The maximum absolute atomic E-state index is 11.7. The van der Waals surface area contributed by atoms with Crippen molar-refractivity contribution in [1.82, 2.24) is 10.6 Å². The van der Waals surface area contributed by atoms with E-state index in [0.29, 0.717) is 15.6 Å². The van der Waals surface area contributed by atoms with Crippen LogP contribution in [0.15, 0.2) is 18.2 Å². The van der Waals surface area contributed by atoms with Gasteiger partial charge in [-0.25, -0.2) is 0 Å².